The number of hydrogen-bond donors (Lipinski definition) is 1. The van der Waals surface area contributed by atoms with Gasteiger partial charge < -0.3 is 5.32 Å². The quantitative estimate of drug-likeness (QED) is 0.854. The summed E-state index contributed by atoms with van der Waals surface area (Å²) in [6, 6.07) is 1.72. The minimum absolute atomic E-state index is 0.00291. The highest BCUT2D eigenvalue weighted by Gasteiger charge is 2.26. The molecule has 0 aliphatic rings. The molecular weight excluding hydrogens is 316 g/mol. The van der Waals surface area contributed by atoms with Crippen molar-refractivity contribution >= 4 is 33.4 Å². The van der Waals surface area contributed by atoms with Gasteiger partial charge in [-0.2, -0.15) is 0 Å². The van der Waals surface area contributed by atoms with Crippen LogP contribution < -0.4 is 5.32 Å². The summed E-state index contributed by atoms with van der Waals surface area (Å²) in [4.78, 5) is 16.0. The van der Waals surface area contributed by atoms with Gasteiger partial charge in [-0.15, -0.1) is 0 Å². The fourth-order valence-electron chi connectivity index (χ4n) is 1.63. The van der Waals surface area contributed by atoms with Gasteiger partial charge in [0.05, 0.1) is 10.6 Å². The van der Waals surface area contributed by atoms with Crippen molar-refractivity contribution in [3.8, 4) is 0 Å². The zero-order chi connectivity index (χ0) is 13.8. The van der Waals surface area contributed by atoms with Gasteiger partial charge in [0.2, 0.25) is 0 Å². The molecule has 1 aromatic rings. The number of nitrogens with zero attached hydrogens (tertiary/aromatic N) is 1. The molecule has 5 heteroatoms. The Bertz CT molecular complexity index is 418. The molecule has 0 aliphatic carbocycles. The van der Waals surface area contributed by atoms with Gasteiger partial charge in [-0.1, -0.05) is 48.3 Å². The number of pyridine rings is 1. The number of carbonyl (C=O) groups excluding carboxylic acids is 1. The molecule has 1 atom stereocenters. The predicted octanol–water partition coefficient (Wildman–Crippen LogP) is 3.66. The molecule has 0 aliphatic heterocycles. The fraction of sp³-hybridized carbons (Fsp3) is 0.538. The predicted molar refractivity (Wildman–Crippen MR) is 78.4 cm³/mol. The van der Waals surface area contributed by atoms with E-state index in [9.17, 15) is 4.79 Å². The lowest BCUT2D eigenvalue weighted by Gasteiger charge is -2.31. The van der Waals surface area contributed by atoms with E-state index >= 15 is 0 Å². The summed E-state index contributed by atoms with van der Waals surface area (Å²) in [5.74, 6) is -0.150. The Morgan fingerprint density at radius 2 is 2.22 bits per heavy atom. The van der Waals surface area contributed by atoms with E-state index in [-0.39, 0.29) is 17.4 Å². The molecule has 0 fully saturated rings. The molecule has 0 saturated heterocycles. The van der Waals surface area contributed by atoms with E-state index in [0.717, 1.165) is 11.8 Å². The molecule has 0 aromatic carbocycles. The maximum Gasteiger partial charge on any atom is 0.253 e. The molecule has 3 nitrogen and oxygen atoms in total. The summed E-state index contributed by atoms with van der Waals surface area (Å²) in [6.45, 7) is 6.32. The zero-order valence-electron chi connectivity index (χ0n) is 10.8. The van der Waals surface area contributed by atoms with Crippen molar-refractivity contribution < 1.29 is 4.79 Å². The third-order valence-electron chi connectivity index (χ3n) is 2.77. The van der Waals surface area contributed by atoms with Gasteiger partial charge in [0.15, 0.2) is 0 Å². The number of rotatable bonds is 4. The summed E-state index contributed by atoms with van der Waals surface area (Å²) >= 11 is 9.38. The second-order valence-electron chi connectivity index (χ2n) is 5.23. The summed E-state index contributed by atoms with van der Waals surface area (Å²) < 4.78 is 0. The van der Waals surface area contributed by atoms with Crippen LogP contribution in [-0.4, -0.2) is 22.3 Å². The SMILES string of the molecule is CC(C)(C)C(CCBr)NC(=O)c1ccncc1Cl. The van der Waals surface area contributed by atoms with Crippen molar-refractivity contribution in [1.29, 1.82) is 0 Å². The van der Waals surface area contributed by atoms with E-state index in [2.05, 4.69) is 47.0 Å². The maximum atomic E-state index is 12.2. The molecule has 100 valence electrons. The normalized spacial score (nSPS) is 13.2. The van der Waals surface area contributed by atoms with Crippen LogP contribution in [0.4, 0.5) is 0 Å². The van der Waals surface area contributed by atoms with E-state index in [4.69, 9.17) is 11.6 Å². The Morgan fingerprint density at radius 1 is 1.56 bits per heavy atom. The van der Waals surface area contributed by atoms with Gasteiger partial charge >= 0.3 is 0 Å². The third-order valence-corrected chi connectivity index (χ3v) is 3.52. The Morgan fingerprint density at radius 3 is 2.72 bits per heavy atom. The van der Waals surface area contributed by atoms with Crippen LogP contribution in [0.25, 0.3) is 0 Å². The molecule has 0 bridgehead atoms. The van der Waals surface area contributed by atoms with E-state index in [1.807, 2.05) is 0 Å². The number of nitrogens with one attached hydrogen (secondary N) is 1. The monoisotopic (exact) mass is 332 g/mol. The maximum absolute atomic E-state index is 12.2. The van der Waals surface area contributed by atoms with E-state index in [0.29, 0.717) is 10.6 Å². The zero-order valence-corrected chi connectivity index (χ0v) is 13.2. The van der Waals surface area contributed by atoms with Crippen molar-refractivity contribution in [3.63, 3.8) is 0 Å². The summed E-state index contributed by atoms with van der Waals surface area (Å²) in [6.07, 6.45) is 3.92. The number of carbonyl (C=O) groups is 1. The molecule has 1 amide bonds. The topological polar surface area (TPSA) is 42.0 Å². The summed E-state index contributed by atoms with van der Waals surface area (Å²) in [5.41, 5.74) is 0.471. The lowest BCUT2D eigenvalue weighted by atomic mass is 9.85. The van der Waals surface area contributed by atoms with E-state index in [1.54, 1.807) is 12.3 Å². The Balaban J connectivity index is 2.82. The van der Waals surface area contributed by atoms with Gasteiger partial charge in [-0.25, -0.2) is 0 Å². The van der Waals surface area contributed by atoms with Gasteiger partial charge in [0.1, 0.15) is 0 Å². The van der Waals surface area contributed by atoms with Crippen LogP contribution in [0, 0.1) is 5.41 Å². The Hall–Kier alpha value is -0.610. The minimum Gasteiger partial charge on any atom is -0.349 e. The number of alkyl halides is 1. The molecule has 0 saturated carbocycles. The summed E-state index contributed by atoms with van der Waals surface area (Å²) in [7, 11) is 0. The molecule has 1 heterocycles. The molecule has 0 radical (unpaired) electrons. The fourth-order valence-corrected chi connectivity index (χ4v) is 2.29. The van der Waals surface area contributed by atoms with Crippen LogP contribution in [0.1, 0.15) is 37.6 Å². The molecule has 1 rings (SSSR count). The number of hydrogen-bond acceptors (Lipinski definition) is 2. The van der Waals surface area contributed by atoms with Crippen LogP contribution in [0.5, 0.6) is 0 Å². The molecule has 1 unspecified atom stereocenters. The number of aromatic nitrogens is 1. The molecule has 1 aromatic heterocycles. The second kappa shape index (κ2) is 6.53. The highest BCUT2D eigenvalue weighted by Crippen LogP contribution is 2.23. The lowest BCUT2D eigenvalue weighted by molar-refractivity contribution is 0.0901. The van der Waals surface area contributed by atoms with Gasteiger partial charge in [0.25, 0.3) is 5.91 Å². The van der Waals surface area contributed by atoms with Crippen LogP contribution in [-0.2, 0) is 0 Å². The number of halogens is 2. The minimum atomic E-state index is -0.150. The van der Waals surface area contributed by atoms with Crippen LogP contribution >= 0.6 is 27.5 Å². The first kappa shape index (κ1) is 15.4. The second-order valence-corrected chi connectivity index (χ2v) is 6.43. The molecule has 1 N–H and O–H groups in total. The molecular formula is C13H18BrClN2O. The van der Waals surface area contributed by atoms with Crippen molar-refractivity contribution in [2.24, 2.45) is 5.41 Å². The Kier molecular flexibility index (Phi) is 5.60. The average molecular weight is 334 g/mol. The van der Waals surface area contributed by atoms with E-state index < -0.39 is 0 Å². The van der Waals surface area contributed by atoms with Crippen molar-refractivity contribution in [2.45, 2.75) is 33.2 Å². The largest absolute Gasteiger partial charge is 0.349 e. The first-order valence-electron chi connectivity index (χ1n) is 5.82. The highest BCUT2D eigenvalue weighted by atomic mass is 79.9. The standard InChI is InChI=1S/C13H18BrClN2O/c1-13(2,3)11(4-6-14)17-12(18)9-5-7-16-8-10(9)15/h5,7-8,11H,4,6H2,1-3H3,(H,17,18). The van der Waals surface area contributed by atoms with Gasteiger partial charge in [-0.3, -0.25) is 9.78 Å². The highest BCUT2D eigenvalue weighted by molar-refractivity contribution is 9.09. The first-order valence-corrected chi connectivity index (χ1v) is 7.32. The summed E-state index contributed by atoms with van der Waals surface area (Å²) in [5, 5.41) is 4.26. The van der Waals surface area contributed by atoms with Crippen LogP contribution in [0.2, 0.25) is 5.02 Å². The third kappa shape index (κ3) is 4.25. The number of amides is 1. The van der Waals surface area contributed by atoms with Gasteiger partial charge in [0, 0.05) is 23.8 Å². The Labute approximate surface area is 121 Å². The smallest absolute Gasteiger partial charge is 0.253 e. The van der Waals surface area contributed by atoms with Crippen molar-refractivity contribution in [3.05, 3.63) is 29.0 Å². The van der Waals surface area contributed by atoms with Gasteiger partial charge in [-0.05, 0) is 17.9 Å². The van der Waals surface area contributed by atoms with Crippen LogP contribution in [0.15, 0.2) is 18.5 Å². The van der Waals surface area contributed by atoms with E-state index in [1.165, 1.54) is 6.20 Å². The molecule has 18 heavy (non-hydrogen) atoms. The average Bonchev–Trinajstić information content (AvgIpc) is 2.27. The van der Waals surface area contributed by atoms with Crippen molar-refractivity contribution in [2.75, 3.05) is 5.33 Å². The van der Waals surface area contributed by atoms with Crippen molar-refractivity contribution in [1.82, 2.24) is 10.3 Å². The lowest BCUT2D eigenvalue weighted by Crippen LogP contribution is -2.44. The molecule has 0 spiro atoms. The van der Waals surface area contributed by atoms with Crippen LogP contribution in [0.3, 0.4) is 0 Å². The first-order chi connectivity index (χ1) is 8.36.